The van der Waals surface area contributed by atoms with E-state index in [9.17, 15) is 22.6 Å². The maximum Gasteiger partial charge on any atom is 0.296 e. The van der Waals surface area contributed by atoms with E-state index in [1.165, 1.54) is 6.07 Å². The molecular weight excluding hydrogens is 348 g/mol. The van der Waals surface area contributed by atoms with Gasteiger partial charge in [-0.1, -0.05) is 11.6 Å². The van der Waals surface area contributed by atoms with Crippen molar-refractivity contribution in [2.45, 2.75) is 11.8 Å². The predicted octanol–water partition coefficient (Wildman–Crippen LogP) is 0.552. The Balaban J connectivity index is 2.42. The van der Waals surface area contributed by atoms with Gasteiger partial charge in [-0.25, -0.2) is 0 Å². The largest absolute Gasteiger partial charge is 0.395 e. The number of hydrogen-bond donors (Lipinski definition) is 3. The number of imide groups is 1. The van der Waals surface area contributed by atoms with E-state index in [1.807, 2.05) is 0 Å². The van der Waals surface area contributed by atoms with Crippen molar-refractivity contribution in [2.24, 2.45) is 0 Å². The fourth-order valence-corrected chi connectivity index (χ4v) is 2.90. The Labute approximate surface area is 137 Å². The molecule has 124 valence electrons. The normalized spacial score (nSPS) is 15.1. The van der Waals surface area contributed by atoms with Crippen LogP contribution in [0.3, 0.4) is 0 Å². The number of carbonyl (C=O) groups excluding carboxylic acids is 2. The van der Waals surface area contributed by atoms with Crippen molar-refractivity contribution in [3.05, 3.63) is 34.5 Å². The Morgan fingerprint density at radius 3 is 2.52 bits per heavy atom. The monoisotopic (exact) mass is 360 g/mol. The molecule has 0 unspecified atom stereocenters. The van der Waals surface area contributed by atoms with Gasteiger partial charge in [0, 0.05) is 11.1 Å². The minimum absolute atomic E-state index is 0.138. The van der Waals surface area contributed by atoms with E-state index in [1.54, 1.807) is 6.92 Å². The van der Waals surface area contributed by atoms with Gasteiger partial charge in [0.1, 0.15) is 10.6 Å². The van der Waals surface area contributed by atoms with Crippen molar-refractivity contribution in [3.63, 3.8) is 0 Å². The van der Waals surface area contributed by atoms with E-state index >= 15 is 0 Å². The number of hydrogen-bond acceptors (Lipinski definition) is 6. The highest BCUT2D eigenvalue weighted by Crippen LogP contribution is 2.30. The van der Waals surface area contributed by atoms with Gasteiger partial charge < -0.3 is 10.4 Å². The number of halogens is 1. The Morgan fingerprint density at radius 1 is 1.30 bits per heavy atom. The van der Waals surface area contributed by atoms with Gasteiger partial charge >= 0.3 is 0 Å². The molecule has 10 heteroatoms. The quantitative estimate of drug-likeness (QED) is 0.517. The lowest BCUT2D eigenvalue weighted by Gasteiger charge is -2.15. The summed E-state index contributed by atoms with van der Waals surface area (Å²) in [6, 6.07) is 2.38. The molecule has 0 fully saturated rings. The summed E-state index contributed by atoms with van der Waals surface area (Å²) in [5.74, 6) is -1.36. The topological polar surface area (TPSA) is 124 Å². The van der Waals surface area contributed by atoms with Gasteiger partial charge in [0.05, 0.1) is 18.8 Å². The highest BCUT2D eigenvalue weighted by Gasteiger charge is 2.31. The Kier molecular flexibility index (Phi) is 4.76. The molecule has 1 aliphatic heterocycles. The third kappa shape index (κ3) is 3.53. The molecule has 1 aromatic rings. The standard InChI is InChI=1S/C13H13ClN2O6S/c1-7-4-11(23(20,21)22)9(5-8(7)14)15-10-6-12(18)16(2-3-17)13(10)19/h4-6,15,17H,2-3H2,1H3,(H,20,21,22). The number of rotatable bonds is 5. The van der Waals surface area contributed by atoms with Gasteiger partial charge in [-0.2, -0.15) is 8.42 Å². The number of benzene rings is 1. The minimum Gasteiger partial charge on any atom is -0.395 e. The fraction of sp³-hybridized carbons (Fsp3) is 0.231. The number of aliphatic hydroxyl groups excluding tert-OH is 1. The van der Waals surface area contributed by atoms with Crippen molar-refractivity contribution in [2.75, 3.05) is 18.5 Å². The Morgan fingerprint density at radius 2 is 1.96 bits per heavy atom. The number of aliphatic hydroxyl groups is 1. The molecule has 0 aliphatic carbocycles. The molecule has 0 radical (unpaired) electrons. The minimum atomic E-state index is -4.57. The van der Waals surface area contributed by atoms with Gasteiger partial charge in [0.15, 0.2) is 0 Å². The molecule has 1 aromatic carbocycles. The first-order valence-electron chi connectivity index (χ1n) is 6.38. The van der Waals surface area contributed by atoms with Gasteiger partial charge in [-0.3, -0.25) is 19.0 Å². The van der Waals surface area contributed by atoms with Crippen LogP contribution in [0, 0.1) is 6.92 Å². The molecule has 1 aliphatic rings. The molecule has 0 spiro atoms. The zero-order chi connectivity index (χ0) is 17.4. The molecule has 8 nitrogen and oxygen atoms in total. The third-order valence-electron chi connectivity index (χ3n) is 3.14. The summed E-state index contributed by atoms with van der Waals surface area (Å²) in [6.07, 6.45) is 0.972. The second kappa shape index (κ2) is 6.28. The first-order chi connectivity index (χ1) is 10.6. The number of aryl methyl sites for hydroxylation is 1. The Bertz CT molecular complexity index is 818. The van der Waals surface area contributed by atoms with Crippen molar-refractivity contribution >= 4 is 39.2 Å². The second-order valence-electron chi connectivity index (χ2n) is 4.77. The highest BCUT2D eigenvalue weighted by molar-refractivity contribution is 7.86. The van der Waals surface area contributed by atoms with Gasteiger partial charge in [-0.15, -0.1) is 0 Å². The van der Waals surface area contributed by atoms with Gasteiger partial charge in [-0.05, 0) is 24.6 Å². The highest BCUT2D eigenvalue weighted by atomic mass is 35.5. The predicted molar refractivity (Wildman–Crippen MR) is 81.5 cm³/mol. The molecule has 1 heterocycles. The number of nitrogens with one attached hydrogen (secondary N) is 1. The number of amides is 2. The van der Waals surface area contributed by atoms with E-state index in [2.05, 4.69) is 5.32 Å². The number of β-amino-alcohol motifs (C(OH)–C–C–N with tert-alkyl or cyclic N) is 1. The summed E-state index contributed by atoms with van der Waals surface area (Å²) in [7, 11) is -4.57. The average Bonchev–Trinajstić information content (AvgIpc) is 2.69. The van der Waals surface area contributed by atoms with Crippen molar-refractivity contribution in [1.29, 1.82) is 0 Å². The summed E-state index contributed by atoms with van der Waals surface area (Å²) < 4.78 is 32.2. The molecular formula is C13H13ClN2O6S. The smallest absolute Gasteiger partial charge is 0.296 e. The molecule has 3 N–H and O–H groups in total. The summed E-state index contributed by atoms with van der Waals surface area (Å²) in [4.78, 5) is 24.0. The summed E-state index contributed by atoms with van der Waals surface area (Å²) >= 11 is 5.93. The first-order valence-corrected chi connectivity index (χ1v) is 8.20. The zero-order valence-electron chi connectivity index (χ0n) is 11.9. The van der Waals surface area contributed by atoms with E-state index < -0.39 is 33.4 Å². The van der Waals surface area contributed by atoms with Crippen LogP contribution in [0.5, 0.6) is 0 Å². The second-order valence-corrected chi connectivity index (χ2v) is 6.57. The van der Waals surface area contributed by atoms with E-state index in [4.69, 9.17) is 16.7 Å². The molecule has 0 saturated carbocycles. The van der Waals surface area contributed by atoms with Crippen LogP contribution in [0.1, 0.15) is 5.56 Å². The molecule has 0 saturated heterocycles. The fourth-order valence-electron chi connectivity index (χ4n) is 2.02. The van der Waals surface area contributed by atoms with E-state index in [0.29, 0.717) is 5.56 Å². The van der Waals surface area contributed by atoms with Crippen LogP contribution in [0.2, 0.25) is 5.02 Å². The zero-order valence-corrected chi connectivity index (χ0v) is 13.5. The molecule has 23 heavy (non-hydrogen) atoms. The number of anilines is 1. The van der Waals surface area contributed by atoms with E-state index in [-0.39, 0.29) is 23.0 Å². The molecule has 0 aromatic heterocycles. The third-order valence-corrected chi connectivity index (χ3v) is 4.44. The van der Waals surface area contributed by atoms with Crippen molar-refractivity contribution in [3.8, 4) is 0 Å². The van der Waals surface area contributed by atoms with Crippen LogP contribution < -0.4 is 5.32 Å². The van der Waals surface area contributed by atoms with Gasteiger partial charge in [0.25, 0.3) is 21.9 Å². The van der Waals surface area contributed by atoms with Crippen LogP contribution in [0.4, 0.5) is 5.69 Å². The van der Waals surface area contributed by atoms with Crippen LogP contribution >= 0.6 is 11.6 Å². The summed E-state index contributed by atoms with van der Waals surface area (Å²) in [5.41, 5.74) is 0.0872. The van der Waals surface area contributed by atoms with Crippen LogP contribution in [0.15, 0.2) is 28.8 Å². The maximum atomic E-state index is 12.0. The summed E-state index contributed by atoms with van der Waals surface area (Å²) in [6.45, 7) is 0.970. The molecule has 0 atom stereocenters. The lowest BCUT2D eigenvalue weighted by Crippen LogP contribution is -2.34. The molecule has 0 bridgehead atoms. The number of nitrogens with zero attached hydrogens (tertiary/aromatic N) is 1. The van der Waals surface area contributed by atoms with Crippen LogP contribution in [0.25, 0.3) is 0 Å². The van der Waals surface area contributed by atoms with Crippen LogP contribution in [-0.2, 0) is 19.7 Å². The Hall–Kier alpha value is -1.94. The number of carbonyl (C=O) groups is 2. The summed E-state index contributed by atoms with van der Waals surface area (Å²) in [5, 5.41) is 11.5. The van der Waals surface area contributed by atoms with Gasteiger partial charge in [0.2, 0.25) is 0 Å². The average molecular weight is 361 g/mol. The molecule has 2 rings (SSSR count). The van der Waals surface area contributed by atoms with E-state index in [0.717, 1.165) is 17.0 Å². The lowest BCUT2D eigenvalue weighted by molar-refractivity contribution is -0.137. The lowest BCUT2D eigenvalue weighted by atomic mass is 10.2. The first kappa shape index (κ1) is 17.4. The van der Waals surface area contributed by atoms with Crippen molar-refractivity contribution in [1.82, 2.24) is 4.90 Å². The van der Waals surface area contributed by atoms with Crippen molar-refractivity contribution < 1.29 is 27.7 Å². The SMILES string of the molecule is Cc1cc(S(=O)(=O)O)c(NC2=CC(=O)N(CCO)C2=O)cc1Cl. The maximum absolute atomic E-state index is 12.0. The molecule has 2 amide bonds. The van der Waals surface area contributed by atoms with Crippen LogP contribution in [-0.4, -0.2) is 47.9 Å².